The number of aryl methyl sites for hydroxylation is 2. The Morgan fingerprint density at radius 3 is 2.00 bits per heavy atom. The van der Waals surface area contributed by atoms with E-state index in [9.17, 15) is 13.5 Å². The summed E-state index contributed by atoms with van der Waals surface area (Å²) in [5.41, 5.74) is 0.881. The maximum Gasteiger partial charge on any atom is 0.241 e. The first-order valence-corrected chi connectivity index (χ1v) is 7.33. The van der Waals surface area contributed by atoms with Gasteiger partial charge in [-0.05, 0) is 57.9 Å². The molecule has 0 amide bonds. The summed E-state index contributed by atoms with van der Waals surface area (Å²) in [4.78, 5) is 0.230. The summed E-state index contributed by atoms with van der Waals surface area (Å²) < 4.78 is 27.0. The van der Waals surface area contributed by atoms with Crippen molar-refractivity contribution >= 4 is 10.0 Å². The Morgan fingerprint density at radius 2 is 1.61 bits per heavy atom. The van der Waals surface area contributed by atoms with Crippen molar-refractivity contribution in [3.8, 4) is 0 Å². The summed E-state index contributed by atoms with van der Waals surface area (Å²) in [6.07, 6.45) is -0.779. The highest BCUT2D eigenvalue weighted by Crippen LogP contribution is 2.18. The normalized spacial score (nSPS) is 14.6. The molecule has 0 saturated carbocycles. The topological polar surface area (TPSA) is 66.4 Å². The van der Waals surface area contributed by atoms with E-state index >= 15 is 0 Å². The Kier molecular flexibility index (Phi) is 4.20. The minimum absolute atomic E-state index is 0.230. The standard InChI is InChI=1S/C13H21NO3S/c1-9-6-10(2)8-12(7-9)18(16,17)14-13(4,5)11(3)15/h6-8,11,14-15H,1-5H3. The number of benzene rings is 1. The van der Waals surface area contributed by atoms with Crippen molar-refractivity contribution in [3.63, 3.8) is 0 Å². The van der Waals surface area contributed by atoms with E-state index in [0.717, 1.165) is 11.1 Å². The molecule has 1 unspecified atom stereocenters. The minimum atomic E-state index is -3.62. The lowest BCUT2D eigenvalue weighted by molar-refractivity contribution is 0.111. The van der Waals surface area contributed by atoms with Gasteiger partial charge in [-0.15, -0.1) is 0 Å². The Morgan fingerprint density at radius 1 is 1.17 bits per heavy atom. The largest absolute Gasteiger partial charge is 0.391 e. The van der Waals surface area contributed by atoms with Crippen molar-refractivity contribution in [2.45, 2.75) is 51.2 Å². The third-order valence-electron chi connectivity index (χ3n) is 2.95. The monoisotopic (exact) mass is 271 g/mol. The van der Waals surface area contributed by atoms with Gasteiger partial charge >= 0.3 is 0 Å². The van der Waals surface area contributed by atoms with E-state index in [0.29, 0.717) is 0 Å². The molecule has 1 atom stereocenters. The fourth-order valence-electron chi connectivity index (χ4n) is 1.58. The van der Waals surface area contributed by atoms with E-state index in [4.69, 9.17) is 0 Å². The Hall–Kier alpha value is -0.910. The van der Waals surface area contributed by atoms with Gasteiger partial charge in [-0.25, -0.2) is 13.1 Å². The van der Waals surface area contributed by atoms with E-state index in [1.54, 1.807) is 32.9 Å². The van der Waals surface area contributed by atoms with Gasteiger partial charge in [0.25, 0.3) is 0 Å². The molecule has 0 spiro atoms. The lowest BCUT2D eigenvalue weighted by Gasteiger charge is -2.29. The van der Waals surface area contributed by atoms with Crippen LogP contribution in [0.5, 0.6) is 0 Å². The number of hydrogen-bond donors (Lipinski definition) is 2. The molecule has 0 aromatic heterocycles. The number of nitrogens with one attached hydrogen (secondary N) is 1. The van der Waals surface area contributed by atoms with Crippen molar-refractivity contribution in [1.82, 2.24) is 4.72 Å². The van der Waals surface area contributed by atoms with Crippen LogP contribution in [0, 0.1) is 13.8 Å². The predicted octanol–water partition coefficient (Wildman–Crippen LogP) is 1.74. The van der Waals surface area contributed by atoms with Gasteiger partial charge in [0.15, 0.2) is 0 Å². The average Bonchev–Trinajstić information content (AvgIpc) is 2.13. The first-order chi connectivity index (χ1) is 8.04. The van der Waals surface area contributed by atoms with Gasteiger partial charge in [0.1, 0.15) is 0 Å². The van der Waals surface area contributed by atoms with Crippen LogP contribution in [-0.2, 0) is 10.0 Å². The minimum Gasteiger partial charge on any atom is -0.391 e. The Balaban J connectivity index is 3.15. The van der Waals surface area contributed by atoms with Crippen LogP contribution in [0.4, 0.5) is 0 Å². The number of sulfonamides is 1. The highest BCUT2D eigenvalue weighted by atomic mass is 32.2. The molecule has 1 aromatic carbocycles. The van der Waals surface area contributed by atoms with E-state index < -0.39 is 21.7 Å². The van der Waals surface area contributed by atoms with Gasteiger partial charge in [0, 0.05) is 0 Å². The molecule has 0 fully saturated rings. The second kappa shape index (κ2) is 4.99. The zero-order valence-electron chi connectivity index (χ0n) is 11.5. The van der Waals surface area contributed by atoms with Gasteiger partial charge < -0.3 is 5.11 Å². The number of aliphatic hydroxyl groups is 1. The molecular formula is C13H21NO3S. The molecular weight excluding hydrogens is 250 g/mol. The second-order valence-corrected chi connectivity index (χ2v) is 7.01. The van der Waals surface area contributed by atoms with Crippen LogP contribution >= 0.6 is 0 Å². The molecule has 1 rings (SSSR count). The molecule has 2 N–H and O–H groups in total. The summed E-state index contributed by atoms with van der Waals surface area (Å²) in [5.74, 6) is 0. The van der Waals surface area contributed by atoms with E-state index in [-0.39, 0.29) is 4.90 Å². The van der Waals surface area contributed by atoms with Crippen molar-refractivity contribution in [1.29, 1.82) is 0 Å². The fourth-order valence-corrected chi connectivity index (χ4v) is 3.24. The predicted molar refractivity (Wildman–Crippen MR) is 72.0 cm³/mol. The van der Waals surface area contributed by atoms with Crippen molar-refractivity contribution in [2.75, 3.05) is 0 Å². The van der Waals surface area contributed by atoms with Crippen LogP contribution in [0.2, 0.25) is 0 Å². The van der Waals surface area contributed by atoms with Crippen LogP contribution in [0.25, 0.3) is 0 Å². The van der Waals surface area contributed by atoms with Crippen LogP contribution in [-0.4, -0.2) is 25.2 Å². The number of aliphatic hydroxyl groups excluding tert-OH is 1. The second-order valence-electron chi connectivity index (χ2n) is 5.33. The highest BCUT2D eigenvalue weighted by molar-refractivity contribution is 7.89. The molecule has 5 heteroatoms. The lowest BCUT2D eigenvalue weighted by atomic mass is 10.0. The molecule has 0 saturated heterocycles. The molecule has 18 heavy (non-hydrogen) atoms. The third-order valence-corrected chi connectivity index (χ3v) is 4.60. The van der Waals surface area contributed by atoms with Crippen molar-refractivity contribution < 1.29 is 13.5 Å². The van der Waals surface area contributed by atoms with Crippen LogP contribution < -0.4 is 4.72 Å². The molecule has 0 aliphatic rings. The summed E-state index contributed by atoms with van der Waals surface area (Å²) in [6.45, 7) is 8.57. The van der Waals surface area contributed by atoms with E-state index in [1.807, 2.05) is 19.9 Å². The molecule has 0 aliphatic carbocycles. The number of rotatable bonds is 4. The molecule has 0 aliphatic heterocycles. The third kappa shape index (κ3) is 3.54. The maximum absolute atomic E-state index is 12.2. The van der Waals surface area contributed by atoms with Crippen LogP contribution in [0.15, 0.2) is 23.1 Å². The average molecular weight is 271 g/mol. The van der Waals surface area contributed by atoms with Gasteiger partial charge in [-0.1, -0.05) is 6.07 Å². The van der Waals surface area contributed by atoms with Crippen LogP contribution in [0.1, 0.15) is 31.9 Å². The summed E-state index contributed by atoms with van der Waals surface area (Å²) >= 11 is 0. The molecule has 1 aromatic rings. The maximum atomic E-state index is 12.2. The van der Waals surface area contributed by atoms with Gasteiger partial charge in [0.2, 0.25) is 10.0 Å². The van der Waals surface area contributed by atoms with Crippen molar-refractivity contribution in [2.24, 2.45) is 0 Å². The Bertz CT molecular complexity index is 513. The summed E-state index contributed by atoms with van der Waals surface area (Å²) in [6, 6.07) is 5.15. The van der Waals surface area contributed by atoms with Crippen molar-refractivity contribution in [3.05, 3.63) is 29.3 Å². The SMILES string of the molecule is Cc1cc(C)cc(S(=O)(=O)NC(C)(C)C(C)O)c1. The highest BCUT2D eigenvalue weighted by Gasteiger charge is 2.30. The zero-order chi connectivity index (χ0) is 14.1. The quantitative estimate of drug-likeness (QED) is 0.876. The molecule has 0 bridgehead atoms. The van der Waals surface area contributed by atoms with Gasteiger partial charge in [-0.2, -0.15) is 0 Å². The molecule has 4 nitrogen and oxygen atoms in total. The Labute approximate surface area is 109 Å². The van der Waals surface area contributed by atoms with E-state index in [1.165, 1.54) is 0 Å². The number of hydrogen-bond acceptors (Lipinski definition) is 3. The molecule has 0 heterocycles. The molecule has 0 radical (unpaired) electrons. The fraction of sp³-hybridized carbons (Fsp3) is 0.538. The zero-order valence-corrected chi connectivity index (χ0v) is 12.3. The van der Waals surface area contributed by atoms with Gasteiger partial charge in [-0.3, -0.25) is 0 Å². The smallest absolute Gasteiger partial charge is 0.241 e. The van der Waals surface area contributed by atoms with E-state index in [2.05, 4.69) is 4.72 Å². The first kappa shape index (κ1) is 15.1. The van der Waals surface area contributed by atoms with Crippen LogP contribution in [0.3, 0.4) is 0 Å². The first-order valence-electron chi connectivity index (χ1n) is 5.85. The summed E-state index contributed by atoms with van der Waals surface area (Å²) in [7, 11) is -3.62. The molecule has 102 valence electrons. The summed E-state index contributed by atoms with van der Waals surface area (Å²) in [5, 5.41) is 9.57. The lowest BCUT2D eigenvalue weighted by Crippen LogP contribution is -2.50. The van der Waals surface area contributed by atoms with Gasteiger partial charge in [0.05, 0.1) is 16.5 Å².